The van der Waals surface area contributed by atoms with Crippen LogP contribution < -0.4 is 5.32 Å². The van der Waals surface area contributed by atoms with Crippen molar-refractivity contribution in [2.45, 2.75) is 65.6 Å². The minimum absolute atomic E-state index is 0.0185. The van der Waals surface area contributed by atoms with Crippen LogP contribution in [0.2, 0.25) is 0 Å². The van der Waals surface area contributed by atoms with Crippen LogP contribution in [0.1, 0.15) is 53.4 Å². The van der Waals surface area contributed by atoms with Gasteiger partial charge in [-0.2, -0.15) is 11.8 Å². The Morgan fingerprint density at radius 3 is 2.45 bits per heavy atom. The minimum atomic E-state index is 0.0185. The first kappa shape index (κ1) is 17.8. The molecule has 20 heavy (non-hydrogen) atoms. The highest BCUT2D eigenvalue weighted by atomic mass is 32.2. The second kappa shape index (κ2) is 8.93. The highest BCUT2D eigenvalue weighted by molar-refractivity contribution is 7.98. The highest BCUT2D eigenvalue weighted by Gasteiger charge is 2.39. The SMILES string of the molecule is CSCCCCCN1C(=O)C(C(C)C)NC1CC(C)C. The number of hydrogen-bond donors (Lipinski definition) is 1. The van der Waals surface area contributed by atoms with E-state index in [1.54, 1.807) is 0 Å². The van der Waals surface area contributed by atoms with Gasteiger partial charge in [0.15, 0.2) is 0 Å². The molecule has 1 aliphatic rings. The molecule has 1 fully saturated rings. The summed E-state index contributed by atoms with van der Waals surface area (Å²) < 4.78 is 0. The van der Waals surface area contributed by atoms with E-state index >= 15 is 0 Å². The molecule has 1 rings (SSSR count). The zero-order valence-corrected chi connectivity index (χ0v) is 14.6. The normalized spacial score (nSPS) is 23.4. The topological polar surface area (TPSA) is 32.3 Å². The van der Waals surface area contributed by atoms with E-state index in [1.165, 1.54) is 18.6 Å². The summed E-state index contributed by atoms with van der Waals surface area (Å²) >= 11 is 1.91. The van der Waals surface area contributed by atoms with Crippen LogP contribution in [0.25, 0.3) is 0 Å². The van der Waals surface area contributed by atoms with Crippen LogP contribution in [0.15, 0.2) is 0 Å². The quantitative estimate of drug-likeness (QED) is 0.663. The molecule has 0 spiro atoms. The van der Waals surface area contributed by atoms with Gasteiger partial charge >= 0.3 is 0 Å². The lowest BCUT2D eigenvalue weighted by Crippen LogP contribution is -2.39. The molecule has 1 heterocycles. The first-order chi connectivity index (χ1) is 9.47. The number of nitrogens with one attached hydrogen (secondary N) is 1. The third-order valence-electron chi connectivity index (χ3n) is 3.91. The third-order valence-corrected chi connectivity index (χ3v) is 4.60. The second-order valence-corrected chi connectivity index (χ2v) is 7.60. The van der Waals surface area contributed by atoms with Crippen molar-refractivity contribution >= 4 is 17.7 Å². The van der Waals surface area contributed by atoms with Crippen molar-refractivity contribution in [3.05, 3.63) is 0 Å². The molecule has 0 radical (unpaired) electrons. The monoisotopic (exact) mass is 300 g/mol. The molecule has 2 atom stereocenters. The number of rotatable bonds is 9. The van der Waals surface area contributed by atoms with Gasteiger partial charge in [-0.3, -0.25) is 10.1 Å². The van der Waals surface area contributed by atoms with Crippen molar-refractivity contribution in [1.82, 2.24) is 10.2 Å². The van der Waals surface area contributed by atoms with Gasteiger partial charge in [-0.1, -0.05) is 34.1 Å². The van der Waals surface area contributed by atoms with Gasteiger partial charge in [0, 0.05) is 6.54 Å². The number of carbonyl (C=O) groups is 1. The molecular weight excluding hydrogens is 268 g/mol. The fourth-order valence-corrected chi connectivity index (χ4v) is 3.28. The molecule has 1 aliphatic heterocycles. The summed E-state index contributed by atoms with van der Waals surface area (Å²) in [7, 11) is 0. The van der Waals surface area contributed by atoms with Gasteiger partial charge in [-0.05, 0) is 43.1 Å². The minimum Gasteiger partial charge on any atom is -0.326 e. The highest BCUT2D eigenvalue weighted by Crippen LogP contribution is 2.22. The zero-order chi connectivity index (χ0) is 15.1. The Kier molecular flexibility index (Phi) is 7.96. The predicted octanol–water partition coefficient (Wildman–Crippen LogP) is 3.35. The van der Waals surface area contributed by atoms with Crippen LogP contribution in [-0.2, 0) is 4.79 Å². The van der Waals surface area contributed by atoms with Crippen LogP contribution in [-0.4, -0.2) is 41.6 Å². The van der Waals surface area contributed by atoms with Crippen molar-refractivity contribution in [1.29, 1.82) is 0 Å². The molecule has 1 saturated heterocycles. The van der Waals surface area contributed by atoms with Crippen molar-refractivity contribution in [3.8, 4) is 0 Å². The maximum absolute atomic E-state index is 12.5. The van der Waals surface area contributed by atoms with Gasteiger partial charge in [-0.25, -0.2) is 0 Å². The Bertz CT molecular complexity index is 294. The molecule has 1 amide bonds. The second-order valence-electron chi connectivity index (χ2n) is 6.62. The molecule has 0 saturated carbocycles. The van der Waals surface area contributed by atoms with Crippen molar-refractivity contribution in [2.24, 2.45) is 11.8 Å². The fourth-order valence-electron chi connectivity index (χ4n) is 2.79. The molecule has 0 aliphatic carbocycles. The Labute approximate surface area is 129 Å². The van der Waals surface area contributed by atoms with E-state index in [9.17, 15) is 4.79 Å². The van der Waals surface area contributed by atoms with Crippen LogP contribution >= 0.6 is 11.8 Å². The number of hydrogen-bond acceptors (Lipinski definition) is 3. The summed E-state index contributed by atoms with van der Waals surface area (Å²) in [6.45, 7) is 9.63. The van der Waals surface area contributed by atoms with E-state index in [0.29, 0.717) is 17.7 Å². The summed E-state index contributed by atoms with van der Waals surface area (Å²) in [5, 5.41) is 3.55. The maximum Gasteiger partial charge on any atom is 0.241 e. The van der Waals surface area contributed by atoms with E-state index in [4.69, 9.17) is 0 Å². The lowest BCUT2D eigenvalue weighted by atomic mass is 10.0. The molecule has 0 aromatic carbocycles. The van der Waals surface area contributed by atoms with Gasteiger partial charge in [0.1, 0.15) is 0 Å². The van der Waals surface area contributed by atoms with Gasteiger partial charge in [-0.15, -0.1) is 0 Å². The van der Waals surface area contributed by atoms with Crippen LogP contribution in [0.4, 0.5) is 0 Å². The zero-order valence-electron chi connectivity index (χ0n) is 13.8. The van der Waals surface area contributed by atoms with Gasteiger partial charge < -0.3 is 4.90 Å². The van der Waals surface area contributed by atoms with E-state index in [2.05, 4.69) is 44.2 Å². The van der Waals surface area contributed by atoms with Crippen LogP contribution in [0.3, 0.4) is 0 Å². The van der Waals surface area contributed by atoms with Gasteiger partial charge in [0.05, 0.1) is 12.2 Å². The summed E-state index contributed by atoms with van der Waals surface area (Å²) in [5.41, 5.74) is 0. The van der Waals surface area contributed by atoms with Crippen LogP contribution in [0.5, 0.6) is 0 Å². The van der Waals surface area contributed by atoms with E-state index < -0.39 is 0 Å². The van der Waals surface area contributed by atoms with Gasteiger partial charge in [0.25, 0.3) is 0 Å². The smallest absolute Gasteiger partial charge is 0.241 e. The summed E-state index contributed by atoms with van der Waals surface area (Å²) in [6, 6.07) is 0.0185. The van der Waals surface area contributed by atoms with E-state index in [-0.39, 0.29) is 12.2 Å². The molecule has 0 bridgehead atoms. The van der Waals surface area contributed by atoms with Crippen LogP contribution in [0, 0.1) is 11.8 Å². The number of carbonyl (C=O) groups excluding carboxylic acids is 1. The number of amides is 1. The first-order valence-corrected chi connectivity index (χ1v) is 9.42. The Balaban J connectivity index is 2.51. The molecular formula is C16H32N2OS. The van der Waals surface area contributed by atoms with Crippen molar-refractivity contribution in [3.63, 3.8) is 0 Å². The molecule has 0 aromatic heterocycles. The molecule has 2 unspecified atom stereocenters. The average molecular weight is 301 g/mol. The van der Waals surface area contributed by atoms with E-state index in [0.717, 1.165) is 19.4 Å². The predicted molar refractivity (Wildman–Crippen MR) is 89.0 cm³/mol. The summed E-state index contributed by atoms with van der Waals surface area (Å²) in [5.74, 6) is 2.54. The number of nitrogens with zero attached hydrogens (tertiary/aromatic N) is 1. The largest absolute Gasteiger partial charge is 0.326 e. The molecule has 118 valence electrons. The van der Waals surface area contributed by atoms with E-state index in [1.807, 2.05) is 11.8 Å². The lowest BCUT2D eigenvalue weighted by Gasteiger charge is -2.25. The molecule has 3 nitrogen and oxygen atoms in total. The maximum atomic E-state index is 12.5. The fraction of sp³-hybridized carbons (Fsp3) is 0.938. The summed E-state index contributed by atoms with van der Waals surface area (Å²) in [4.78, 5) is 14.6. The molecule has 1 N–H and O–H groups in total. The first-order valence-electron chi connectivity index (χ1n) is 8.02. The third kappa shape index (κ3) is 5.28. The molecule has 0 aromatic rings. The Hall–Kier alpha value is -0.220. The van der Waals surface area contributed by atoms with Crippen molar-refractivity contribution in [2.75, 3.05) is 18.6 Å². The number of thioether (sulfide) groups is 1. The lowest BCUT2D eigenvalue weighted by molar-refractivity contribution is -0.130. The standard InChI is InChI=1S/C16H32N2OS/c1-12(2)11-14-17-15(13(3)4)16(19)18(14)9-7-6-8-10-20-5/h12-15,17H,6-11H2,1-5H3. The summed E-state index contributed by atoms with van der Waals surface area (Å²) in [6.07, 6.45) is 7.08. The van der Waals surface area contributed by atoms with Crippen molar-refractivity contribution < 1.29 is 4.79 Å². The Morgan fingerprint density at radius 2 is 1.90 bits per heavy atom. The average Bonchev–Trinajstić information content (AvgIpc) is 2.66. The number of unbranched alkanes of at least 4 members (excludes halogenated alkanes) is 2. The molecule has 4 heteroatoms. The van der Waals surface area contributed by atoms with Gasteiger partial charge in [0.2, 0.25) is 5.91 Å². The Morgan fingerprint density at radius 1 is 1.20 bits per heavy atom.